The number of halogens is 4. The lowest BCUT2D eigenvalue weighted by Gasteiger charge is -2.06. The number of hydrogen-bond donors (Lipinski definition) is 0. The van der Waals surface area contributed by atoms with Gasteiger partial charge in [-0.2, -0.15) is 0 Å². The molecule has 78 valence electrons. The molecule has 1 rings (SSSR count). The summed E-state index contributed by atoms with van der Waals surface area (Å²) in [6, 6.07) is 1.17. The molecule has 0 bridgehead atoms. The number of rotatable bonds is 1. The van der Waals surface area contributed by atoms with E-state index in [1.165, 1.54) is 6.07 Å². The standard InChI is InChI=1S/C7H4Cl4O2S/c1-14(12,13)4-2-3(8)5(9)7(11)6(4)10/h2H,1H3. The van der Waals surface area contributed by atoms with Crippen molar-refractivity contribution in [3.8, 4) is 0 Å². The van der Waals surface area contributed by atoms with E-state index in [-0.39, 0.29) is 25.0 Å². The van der Waals surface area contributed by atoms with E-state index in [1.54, 1.807) is 0 Å². The Balaban J connectivity index is 3.66. The van der Waals surface area contributed by atoms with Gasteiger partial charge in [0.25, 0.3) is 0 Å². The Morgan fingerprint density at radius 3 is 1.93 bits per heavy atom. The van der Waals surface area contributed by atoms with Gasteiger partial charge in [-0.15, -0.1) is 0 Å². The van der Waals surface area contributed by atoms with E-state index in [4.69, 9.17) is 46.4 Å². The van der Waals surface area contributed by atoms with Gasteiger partial charge in [0.05, 0.1) is 25.0 Å². The Labute approximate surface area is 102 Å². The molecule has 0 radical (unpaired) electrons. The first-order chi connectivity index (χ1) is 6.25. The molecule has 0 saturated heterocycles. The van der Waals surface area contributed by atoms with Crippen molar-refractivity contribution in [2.75, 3.05) is 6.26 Å². The zero-order chi connectivity index (χ0) is 11.1. The van der Waals surface area contributed by atoms with Crippen LogP contribution in [0.15, 0.2) is 11.0 Å². The van der Waals surface area contributed by atoms with Gasteiger partial charge in [-0.25, -0.2) is 8.42 Å². The van der Waals surface area contributed by atoms with Gasteiger partial charge in [0.1, 0.15) is 0 Å². The minimum Gasteiger partial charge on any atom is -0.224 e. The van der Waals surface area contributed by atoms with E-state index >= 15 is 0 Å². The van der Waals surface area contributed by atoms with E-state index in [0.717, 1.165) is 6.26 Å². The molecule has 1 aromatic rings. The van der Waals surface area contributed by atoms with Gasteiger partial charge >= 0.3 is 0 Å². The molecule has 0 saturated carbocycles. The lowest BCUT2D eigenvalue weighted by molar-refractivity contribution is 0.602. The average Bonchev–Trinajstić information content (AvgIpc) is 2.06. The van der Waals surface area contributed by atoms with Gasteiger partial charge in [0, 0.05) is 6.26 Å². The molecule has 0 aliphatic heterocycles. The smallest absolute Gasteiger partial charge is 0.177 e. The highest BCUT2D eigenvalue weighted by Crippen LogP contribution is 2.39. The van der Waals surface area contributed by atoms with Crippen molar-refractivity contribution in [3.05, 3.63) is 26.2 Å². The second-order valence-corrected chi connectivity index (χ2v) is 6.10. The molecule has 0 spiro atoms. The van der Waals surface area contributed by atoms with Crippen LogP contribution in [0.3, 0.4) is 0 Å². The van der Waals surface area contributed by atoms with E-state index in [0.29, 0.717) is 0 Å². The molecular weight excluding hydrogens is 290 g/mol. The summed E-state index contributed by atoms with van der Waals surface area (Å²) in [5, 5.41) is -0.0583. The quantitative estimate of drug-likeness (QED) is 0.584. The molecule has 14 heavy (non-hydrogen) atoms. The highest BCUT2D eigenvalue weighted by Gasteiger charge is 2.19. The third kappa shape index (κ3) is 2.28. The molecule has 0 aromatic heterocycles. The van der Waals surface area contributed by atoms with E-state index in [2.05, 4.69) is 0 Å². The minimum atomic E-state index is -3.45. The highest BCUT2D eigenvalue weighted by molar-refractivity contribution is 7.90. The van der Waals surface area contributed by atoms with Crippen molar-refractivity contribution < 1.29 is 8.42 Å². The van der Waals surface area contributed by atoms with Crippen molar-refractivity contribution >= 4 is 56.2 Å². The Kier molecular flexibility index (Phi) is 3.60. The highest BCUT2D eigenvalue weighted by atomic mass is 35.5. The van der Waals surface area contributed by atoms with Crippen LogP contribution in [0.25, 0.3) is 0 Å². The third-order valence-corrected chi connectivity index (χ3v) is 4.45. The van der Waals surface area contributed by atoms with Gasteiger partial charge in [-0.1, -0.05) is 46.4 Å². The normalized spacial score (nSPS) is 11.8. The molecule has 7 heteroatoms. The Bertz CT molecular complexity index is 481. The van der Waals surface area contributed by atoms with Gasteiger partial charge in [-0.3, -0.25) is 0 Å². The molecule has 1 aromatic carbocycles. The van der Waals surface area contributed by atoms with Crippen LogP contribution in [-0.2, 0) is 9.84 Å². The van der Waals surface area contributed by atoms with Crippen LogP contribution in [0.1, 0.15) is 0 Å². The van der Waals surface area contributed by atoms with Crippen molar-refractivity contribution in [1.82, 2.24) is 0 Å². The fourth-order valence-corrected chi connectivity index (χ4v) is 2.92. The van der Waals surface area contributed by atoms with Gasteiger partial charge in [-0.05, 0) is 6.07 Å². The summed E-state index contributed by atoms with van der Waals surface area (Å²) in [5.74, 6) is 0. The SMILES string of the molecule is CS(=O)(=O)c1cc(Cl)c(Cl)c(Cl)c1Cl. The van der Waals surface area contributed by atoms with Gasteiger partial charge < -0.3 is 0 Å². The first kappa shape index (κ1) is 12.4. The lowest BCUT2D eigenvalue weighted by Crippen LogP contribution is -1.98. The first-order valence-electron chi connectivity index (χ1n) is 3.28. The molecule has 0 amide bonds. The molecule has 0 heterocycles. The maximum atomic E-state index is 11.2. The van der Waals surface area contributed by atoms with Crippen LogP contribution in [0.2, 0.25) is 20.1 Å². The maximum Gasteiger partial charge on any atom is 0.177 e. The summed E-state index contributed by atoms with van der Waals surface area (Å²) in [6.45, 7) is 0. The van der Waals surface area contributed by atoms with Crippen LogP contribution in [0.4, 0.5) is 0 Å². The topological polar surface area (TPSA) is 34.1 Å². The molecule has 2 nitrogen and oxygen atoms in total. The molecular formula is C7H4Cl4O2S. The molecule has 0 N–H and O–H groups in total. The van der Waals surface area contributed by atoms with Crippen LogP contribution in [0, 0.1) is 0 Å². The predicted octanol–water partition coefficient (Wildman–Crippen LogP) is 3.70. The first-order valence-corrected chi connectivity index (χ1v) is 6.68. The summed E-state index contributed by atoms with van der Waals surface area (Å²) in [4.78, 5) is -0.126. The summed E-state index contributed by atoms with van der Waals surface area (Å²) in [7, 11) is -3.45. The average molecular weight is 294 g/mol. The second-order valence-electron chi connectivity index (χ2n) is 2.57. The van der Waals surface area contributed by atoms with Crippen LogP contribution >= 0.6 is 46.4 Å². The van der Waals surface area contributed by atoms with Crippen molar-refractivity contribution in [2.45, 2.75) is 4.90 Å². The fourth-order valence-electron chi connectivity index (χ4n) is 0.821. The van der Waals surface area contributed by atoms with Gasteiger partial charge in [0.2, 0.25) is 0 Å². The van der Waals surface area contributed by atoms with Crippen LogP contribution in [-0.4, -0.2) is 14.7 Å². The Morgan fingerprint density at radius 1 is 1.00 bits per heavy atom. The van der Waals surface area contributed by atoms with Crippen LogP contribution in [0.5, 0.6) is 0 Å². The van der Waals surface area contributed by atoms with Crippen molar-refractivity contribution in [1.29, 1.82) is 0 Å². The van der Waals surface area contributed by atoms with Gasteiger partial charge in [0.15, 0.2) is 9.84 Å². The molecule has 0 aliphatic carbocycles. The summed E-state index contributed by atoms with van der Waals surface area (Å²) >= 11 is 22.7. The maximum absolute atomic E-state index is 11.2. The molecule has 0 atom stereocenters. The predicted molar refractivity (Wildman–Crippen MR) is 59.6 cm³/mol. The molecule has 0 fully saturated rings. The minimum absolute atomic E-state index is 0.0470. The zero-order valence-corrected chi connectivity index (χ0v) is 10.7. The Morgan fingerprint density at radius 2 is 1.50 bits per heavy atom. The third-order valence-electron chi connectivity index (χ3n) is 1.47. The summed E-state index contributed by atoms with van der Waals surface area (Å²) < 4.78 is 22.4. The molecule has 0 unspecified atom stereocenters. The lowest BCUT2D eigenvalue weighted by atomic mass is 10.3. The van der Waals surface area contributed by atoms with E-state index < -0.39 is 9.84 Å². The monoisotopic (exact) mass is 292 g/mol. The number of sulfone groups is 1. The Hall–Kier alpha value is 0.330. The largest absolute Gasteiger partial charge is 0.224 e. The van der Waals surface area contributed by atoms with Crippen molar-refractivity contribution in [3.63, 3.8) is 0 Å². The summed E-state index contributed by atoms with van der Waals surface area (Å²) in [6.07, 6.45) is 1.01. The van der Waals surface area contributed by atoms with Crippen LogP contribution < -0.4 is 0 Å². The fraction of sp³-hybridized carbons (Fsp3) is 0.143. The summed E-state index contributed by atoms with van der Waals surface area (Å²) in [5.41, 5.74) is 0. The van der Waals surface area contributed by atoms with E-state index in [9.17, 15) is 8.42 Å². The second kappa shape index (κ2) is 4.06. The molecule has 0 aliphatic rings. The zero-order valence-electron chi connectivity index (χ0n) is 6.81. The number of hydrogen-bond acceptors (Lipinski definition) is 2. The number of benzene rings is 1. The van der Waals surface area contributed by atoms with E-state index in [1.807, 2.05) is 0 Å². The van der Waals surface area contributed by atoms with Crippen molar-refractivity contribution in [2.24, 2.45) is 0 Å².